The molecule has 1 heterocycles. The molecule has 8 heteroatoms. The fourth-order valence-corrected chi connectivity index (χ4v) is 1.87. The van der Waals surface area contributed by atoms with Crippen molar-refractivity contribution in [3.63, 3.8) is 0 Å². The maximum Gasteiger partial charge on any atom is 1.00 e. The first-order valence-corrected chi connectivity index (χ1v) is 6.49. The topological polar surface area (TPSA) is 89.5 Å². The van der Waals surface area contributed by atoms with Gasteiger partial charge in [0.1, 0.15) is 0 Å². The van der Waals surface area contributed by atoms with Gasteiger partial charge in [0.25, 0.3) is 0 Å². The van der Waals surface area contributed by atoms with Crippen molar-refractivity contribution >= 4 is 16.0 Å². The molecule has 1 aliphatic heterocycles. The second-order valence-electron chi connectivity index (χ2n) is 3.50. The zero-order valence-electron chi connectivity index (χ0n) is 9.44. The van der Waals surface area contributed by atoms with Crippen molar-refractivity contribution in [2.24, 2.45) is 0 Å². The molecular weight excluding hydrogens is 243 g/mol. The van der Waals surface area contributed by atoms with E-state index in [0.29, 0.717) is 19.5 Å². The third-order valence-electron chi connectivity index (χ3n) is 2.26. The summed E-state index contributed by atoms with van der Waals surface area (Å²) in [5, 5.41) is 2.82. The summed E-state index contributed by atoms with van der Waals surface area (Å²) in [7, 11) is -4.13. The summed E-state index contributed by atoms with van der Waals surface area (Å²) in [5.41, 5.74) is 0. The van der Waals surface area contributed by atoms with Gasteiger partial charge in [0.05, 0.1) is 15.9 Å². The van der Waals surface area contributed by atoms with Crippen molar-refractivity contribution in [1.82, 2.24) is 10.2 Å². The number of likely N-dealkylation sites (tertiary alicyclic amines) is 1. The van der Waals surface area contributed by atoms with Crippen LogP contribution in [0.4, 0.5) is 0 Å². The molecule has 0 aromatic heterocycles. The molecule has 0 aromatic rings. The molecule has 16 heavy (non-hydrogen) atoms. The van der Waals surface area contributed by atoms with Gasteiger partial charge in [0, 0.05) is 32.6 Å². The number of hydrogen-bond acceptors (Lipinski definition) is 5. The van der Waals surface area contributed by atoms with Crippen LogP contribution in [0.3, 0.4) is 0 Å². The number of amides is 1. The number of carbonyl (C=O) groups is 1. The first kappa shape index (κ1) is 16.3. The van der Waals surface area contributed by atoms with Gasteiger partial charge in [-0.05, 0) is 6.42 Å². The molecule has 1 amide bonds. The Morgan fingerprint density at radius 2 is 2.06 bits per heavy atom. The number of hydrogen-bond donors (Lipinski definition) is 1. The minimum atomic E-state index is -4.13. The third kappa shape index (κ3) is 6.82. The molecule has 0 bridgehead atoms. The quantitative estimate of drug-likeness (QED) is 0.296. The van der Waals surface area contributed by atoms with Crippen LogP contribution < -0.4 is 34.9 Å². The molecule has 0 atom stereocenters. The maximum absolute atomic E-state index is 11.1. The molecule has 1 N–H and O–H groups in total. The van der Waals surface area contributed by atoms with E-state index in [1.54, 1.807) is 4.90 Å². The zero-order valence-corrected chi connectivity index (χ0v) is 12.3. The van der Waals surface area contributed by atoms with Crippen LogP contribution in [0.5, 0.6) is 0 Å². The predicted molar refractivity (Wildman–Crippen MR) is 53.2 cm³/mol. The van der Waals surface area contributed by atoms with Gasteiger partial charge in [-0.25, -0.2) is 8.42 Å². The van der Waals surface area contributed by atoms with E-state index in [-0.39, 0.29) is 42.0 Å². The minimum Gasteiger partial charge on any atom is -0.748 e. The predicted octanol–water partition coefficient (Wildman–Crippen LogP) is -4.25. The summed E-state index contributed by atoms with van der Waals surface area (Å²) >= 11 is 0. The number of nitrogens with one attached hydrogen (secondary N) is 1. The molecule has 0 saturated carbocycles. The number of carbonyl (C=O) groups excluding carboxylic acids is 1. The Morgan fingerprint density at radius 3 is 2.56 bits per heavy atom. The first-order chi connectivity index (χ1) is 6.99. The molecule has 1 saturated heterocycles. The Bertz CT molecular complexity index is 320. The van der Waals surface area contributed by atoms with Gasteiger partial charge < -0.3 is 14.8 Å². The SMILES string of the molecule is O=C1CCCN1CCNCCS(=O)(=O)[O-].[Na+]. The third-order valence-corrected chi connectivity index (χ3v) is 2.96. The fraction of sp³-hybridized carbons (Fsp3) is 0.875. The van der Waals surface area contributed by atoms with Crippen LogP contribution in [0.25, 0.3) is 0 Å². The molecule has 0 unspecified atom stereocenters. The van der Waals surface area contributed by atoms with Crippen LogP contribution >= 0.6 is 0 Å². The largest absolute Gasteiger partial charge is 1.00 e. The van der Waals surface area contributed by atoms with E-state index in [1.807, 2.05) is 0 Å². The number of nitrogens with zero attached hydrogens (tertiary/aromatic N) is 1. The monoisotopic (exact) mass is 258 g/mol. The zero-order chi connectivity index (χ0) is 11.3. The Balaban J connectivity index is 0.00000225. The van der Waals surface area contributed by atoms with Crippen molar-refractivity contribution in [3.05, 3.63) is 0 Å². The molecule has 88 valence electrons. The summed E-state index contributed by atoms with van der Waals surface area (Å²) in [5.74, 6) is -0.255. The molecule has 1 aliphatic rings. The van der Waals surface area contributed by atoms with E-state index in [0.717, 1.165) is 13.0 Å². The van der Waals surface area contributed by atoms with Gasteiger partial charge in [-0.15, -0.1) is 0 Å². The average Bonchev–Trinajstić information content (AvgIpc) is 2.49. The van der Waals surface area contributed by atoms with Gasteiger partial charge in [0.15, 0.2) is 0 Å². The van der Waals surface area contributed by atoms with Gasteiger partial charge in [0.2, 0.25) is 5.91 Å². The number of rotatable bonds is 6. The Kier molecular flexibility index (Phi) is 7.79. The molecule has 1 fully saturated rings. The van der Waals surface area contributed by atoms with Crippen LogP contribution in [0.1, 0.15) is 12.8 Å². The van der Waals surface area contributed by atoms with Crippen LogP contribution in [-0.4, -0.2) is 55.7 Å². The summed E-state index contributed by atoms with van der Waals surface area (Å²) in [4.78, 5) is 12.9. The van der Waals surface area contributed by atoms with Crippen molar-refractivity contribution in [3.8, 4) is 0 Å². The van der Waals surface area contributed by atoms with E-state index in [2.05, 4.69) is 5.32 Å². The van der Waals surface area contributed by atoms with E-state index >= 15 is 0 Å². The Labute approximate surface area is 118 Å². The average molecular weight is 258 g/mol. The molecule has 1 rings (SSSR count). The first-order valence-electron chi connectivity index (χ1n) is 4.91. The summed E-state index contributed by atoms with van der Waals surface area (Å²) < 4.78 is 30.7. The minimum absolute atomic E-state index is 0. The molecule has 0 aromatic carbocycles. The summed E-state index contributed by atoms with van der Waals surface area (Å²) in [6.07, 6.45) is 1.50. The summed E-state index contributed by atoms with van der Waals surface area (Å²) in [6.45, 7) is 2.03. The molecule has 0 spiro atoms. The van der Waals surface area contributed by atoms with Crippen molar-refractivity contribution < 1.29 is 47.3 Å². The smallest absolute Gasteiger partial charge is 0.748 e. The second-order valence-corrected chi connectivity index (χ2v) is 5.02. The molecule has 6 nitrogen and oxygen atoms in total. The normalized spacial score (nSPS) is 16.3. The molecule has 0 radical (unpaired) electrons. The van der Waals surface area contributed by atoms with Crippen LogP contribution in [0.2, 0.25) is 0 Å². The fourth-order valence-electron chi connectivity index (χ4n) is 1.48. The van der Waals surface area contributed by atoms with Crippen LogP contribution in [-0.2, 0) is 14.9 Å². The van der Waals surface area contributed by atoms with Crippen LogP contribution in [0.15, 0.2) is 0 Å². The van der Waals surface area contributed by atoms with E-state index in [4.69, 9.17) is 0 Å². The van der Waals surface area contributed by atoms with E-state index < -0.39 is 15.9 Å². The van der Waals surface area contributed by atoms with Crippen LogP contribution in [0, 0.1) is 0 Å². The standard InChI is InChI=1S/C8H16N2O4S.Na/c11-8-2-1-5-10(8)6-3-9-4-7-15(12,13)14;/h9H,1-7H2,(H,12,13,14);/q;+1/p-1. The Morgan fingerprint density at radius 1 is 1.38 bits per heavy atom. The van der Waals surface area contributed by atoms with Crippen molar-refractivity contribution in [1.29, 1.82) is 0 Å². The second kappa shape index (κ2) is 7.62. The molecular formula is C8H15N2NaO4S. The van der Waals surface area contributed by atoms with E-state index in [9.17, 15) is 17.8 Å². The maximum atomic E-state index is 11.1. The van der Waals surface area contributed by atoms with Gasteiger partial charge in [-0.2, -0.15) is 0 Å². The molecule has 0 aliphatic carbocycles. The summed E-state index contributed by atoms with van der Waals surface area (Å²) in [6, 6.07) is 0. The van der Waals surface area contributed by atoms with Gasteiger partial charge in [-0.3, -0.25) is 4.79 Å². The van der Waals surface area contributed by atoms with Gasteiger partial charge >= 0.3 is 29.6 Å². The Hall–Kier alpha value is 0.340. The van der Waals surface area contributed by atoms with E-state index in [1.165, 1.54) is 0 Å². The van der Waals surface area contributed by atoms with Gasteiger partial charge in [-0.1, -0.05) is 0 Å². The van der Waals surface area contributed by atoms with Crippen molar-refractivity contribution in [2.75, 3.05) is 31.9 Å². The van der Waals surface area contributed by atoms with Crippen molar-refractivity contribution in [2.45, 2.75) is 12.8 Å².